The first kappa shape index (κ1) is 15.0. The molecule has 1 saturated heterocycles. The molecule has 4 aromatic rings. The molecule has 0 amide bonds. The highest BCUT2D eigenvalue weighted by Gasteiger charge is 2.20. The van der Waals surface area contributed by atoms with E-state index in [-0.39, 0.29) is 0 Å². The summed E-state index contributed by atoms with van der Waals surface area (Å²) in [5.41, 5.74) is 2.30. The summed E-state index contributed by atoms with van der Waals surface area (Å²) in [7, 11) is 1.87. The van der Waals surface area contributed by atoms with Crippen molar-refractivity contribution in [2.45, 2.75) is 12.8 Å². The molecule has 0 unspecified atom stereocenters. The number of fused-ring (bicyclic) bond motifs is 1. The van der Waals surface area contributed by atoms with E-state index in [2.05, 4.69) is 30.1 Å². The van der Waals surface area contributed by atoms with E-state index in [0.29, 0.717) is 17.4 Å². The Kier molecular flexibility index (Phi) is 3.41. The lowest BCUT2D eigenvalue weighted by atomic mass is 10.2. The van der Waals surface area contributed by atoms with Crippen LogP contribution >= 0.6 is 0 Å². The van der Waals surface area contributed by atoms with Gasteiger partial charge in [-0.25, -0.2) is 4.98 Å². The lowest BCUT2D eigenvalue weighted by Crippen LogP contribution is -2.19. The number of hydrogen-bond donors (Lipinski definition) is 0. The van der Waals surface area contributed by atoms with Crippen LogP contribution in [0.4, 0.5) is 5.82 Å². The summed E-state index contributed by atoms with van der Waals surface area (Å²) in [5, 5.41) is 9.63. The zero-order valence-electron chi connectivity index (χ0n) is 14.3. The van der Waals surface area contributed by atoms with Gasteiger partial charge in [-0.3, -0.25) is 9.67 Å². The summed E-state index contributed by atoms with van der Waals surface area (Å²) in [6.45, 7) is 2.02. The van der Waals surface area contributed by atoms with E-state index in [1.54, 1.807) is 17.1 Å². The van der Waals surface area contributed by atoms with Crippen LogP contribution in [-0.4, -0.2) is 43.0 Å². The van der Waals surface area contributed by atoms with Crippen LogP contribution in [0.15, 0.2) is 41.2 Å². The number of nitrogens with zero attached hydrogens (tertiary/aromatic N) is 7. The Morgan fingerprint density at radius 3 is 2.77 bits per heavy atom. The van der Waals surface area contributed by atoms with E-state index in [4.69, 9.17) is 4.52 Å². The van der Waals surface area contributed by atoms with Gasteiger partial charge in [0.1, 0.15) is 17.2 Å². The highest BCUT2D eigenvalue weighted by atomic mass is 16.5. The number of aromatic nitrogens is 6. The maximum Gasteiger partial charge on any atom is 0.278 e. The molecular formula is C18H17N7O. The smallest absolute Gasteiger partial charge is 0.278 e. The van der Waals surface area contributed by atoms with E-state index >= 15 is 0 Å². The van der Waals surface area contributed by atoms with Crippen molar-refractivity contribution in [3.63, 3.8) is 0 Å². The van der Waals surface area contributed by atoms with Gasteiger partial charge in [-0.2, -0.15) is 10.1 Å². The molecule has 1 aliphatic rings. The van der Waals surface area contributed by atoms with Gasteiger partial charge >= 0.3 is 0 Å². The van der Waals surface area contributed by atoms with Crippen LogP contribution in [0.5, 0.6) is 0 Å². The topological polar surface area (TPSA) is 85.8 Å². The molecule has 0 aliphatic carbocycles. The minimum atomic E-state index is 0.360. The molecule has 8 heteroatoms. The number of aryl methyl sites for hydroxylation is 1. The zero-order chi connectivity index (χ0) is 17.5. The molecular weight excluding hydrogens is 330 g/mol. The normalized spacial score (nSPS) is 14.4. The minimum absolute atomic E-state index is 0.360. The Morgan fingerprint density at radius 2 is 1.88 bits per heavy atom. The highest BCUT2D eigenvalue weighted by molar-refractivity contribution is 5.91. The number of hydrogen-bond acceptors (Lipinski definition) is 7. The highest BCUT2D eigenvalue weighted by Crippen LogP contribution is 2.28. The molecule has 8 nitrogen and oxygen atoms in total. The van der Waals surface area contributed by atoms with Crippen LogP contribution in [0.25, 0.3) is 34.0 Å². The summed E-state index contributed by atoms with van der Waals surface area (Å²) in [4.78, 5) is 15.7. The molecule has 1 fully saturated rings. The van der Waals surface area contributed by atoms with Gasteiger partial charge in [-0.05, 0) is 18.9 Å². The Hall–Kier alpha value is -3.29. The van der Waals surface area contributed by atoms with Gasteiger partial charge in [0.25, 0.3) is 5.89 Å². The molecule has 1 aliphatic heterocycles. The van der Waals surface area contributed by atoms with Crippen molar-refractivity contribution in [3.05, 3.63) is 36.7 Å². The standard InChI is InChI=1S/C18H17N7O/c1-24-16(12-6-2-3-7-13(12)22-24)17-21-18(26-23-17)14-10-19-11-15(20-14)25-8-4-5-9-25/h2-3,6-7,10-11H,4-5,8-9H2,1H3. The number of anilines is 1. The van der Waals surface area contributed by atoms with Crippen molar-refractivity contribution >= 4 is 16.7 Å². The molecule has 0 saturated carbocycles. The fourth-order valence-electron chi connectivity index (χ4n) is 3.39. The van der Waals surface area contributed by atoms with Gasteiger partial charge in [0, 0.05) is 25.5 Å². The molecule has 26 heavy (non-hydrogen) atoms. The second-order valence-corrected chi connectivity index (χ2v) is 6.37. The van der Waals surface area contributed by atoms with Crippen molar-refractivity contribution in [2.75, 3.05) is 18.0 Å². The summed E-state index contributed by atoms with van der Waals surface area (Å²) < 4.78 is 7.24. The SMILES string of the molecule is Cn1nc2ccccc2c1-c1noc(-c2cncc(N3CCCC3)n2)n1. The Balaban J connectivity index is 1.54. The summed E-state index contributed by atoms with van der Waals surface area (Å²) in [6, 6.07) is 7.89. The first-order valence-electron chi connectivity index (χ1n) is 8.63. The lowest BCUT2D eigenvalue weighted by Gasteiger charge is -2.15. The van der Waals surface area contributed by atoms with Gasteiger partial charge in [-0.15, -0.1) is 0 Å². The third-order valence-corrected chi connectivity index (χ3v) is 4.65. The Labute approximate surface area is 149 Å². The molecule has 0 atom stereocenters. The zero-order valence-corrected chi connectivity index (χ0v) is 14.3. The van der Waals surface area contributed by atoms with Crippen LogP contribution in [0, 0.1) is 0 Å². The Bertz CT molecular complexity index is 1080. The number of benzene rings is 1. The quantitative estimate of drug-likeness (QED) is 0.563. The maximum atomic E-state index is 5.47. The summed E-state index contributed by atoms with van der Waals surface area (Å²) in [5.74, 6) is 1.70. The van der Waals surface area contributed by atoms with Crippen molar-refractivity contribution < 1.29 is 4.52 Å². The molecule has 0 bridgehead atoms. The van der Waals surface area contributed by atoms with Crippen LogP contribution in [0.3, 0.4) is 0 Å². The molecule has 0 radical (unpaired) electrons. The van der Waals surface area contributed by atoms with Crippen LogP contribution in [-0.2, 0) is 7.05 Å². The van der Waals surface area contributed by atoms with Crippen molar-refractivity contribution in [2.24, 2.45) is 7.05 Å². The van der Waals surface area contributed by atoms with Crippen molar-refractivity contribution in [3.8, 4) is 23.1 Å². The summed E-state index contributed by atoms with van der Waals surface area (Å²) >= 11 is 0. The van der Waals surface area contributed by atoms with Gasteiger partial charge in [0.15, 0.2) is 0 Å². The predicted octanol–water partition coefficient (Wildman–Crippen LogP) is 2.68. The van der Waals surface area contributed by atoms with Gasteiger partial charge in [0.05, 0.1) is 17.9 Å². The van der Waals surface area contributed by atoms with Gasteiger partial charge in [-0.1, -0.05) is 23.4 Å². The van der Waals surface area contributed by atoms with Gasteiger partial charge in [0.2, 0.25) is 5.82 Å². The first-order valence-corrected chi connectivity index (χ1v) is 8.63. The van der Waals surface area contributed by atoms with E-state index in [1.807, 2.05) is 31.3 Å². The molecule has 1 aromatic carbocycles. The third kappa shape index (κ3) is 2.42. The monoisotopic (exact) mass is 347 g/mol. The second kappa shape index (κ2) is 5.91. The average Bonchev–Trinajstić information content (AvgIpc) is 3.40. The minimum Gasteiger partial charge on any atom is -0.355 e. The first-order chi connectivity index (χ1) is 12.8. The van der Waals surface area contributed by atoms with Crippen LogP contribution in [0.2, 0.25) is 0 Å². The lowest BCUT2D eigenvalue weighted by molar-refractivity contribution is 0.430. The fraction of sp³-hybridized carbons (Fsp3) is 0.278. The van der Waals surface area contributed by atoms with Crippen molar-refractivity contribution in [1.82, 2.24) is 29.9 Å². The predicted molar refractivity (Wildman–Crippen MR) is 96.5 cm³/mol. The van der Waals surface area contributed by atoms with E-state index < -0.39 is 0 Å². The van der Waals surface area contributed by atoms with Crippen LogP contribution < -0.4 is 4.90 Å². The van der Waals surface area contributed by atoms with E-state index in [9.17, 15) is 0 Å². The van der Waals surface area contributed by atoms with E-state index in [1.165, 1.54) is 12.8 Å². The molecule has 0 N–H and O–H groups in total. The average molecular weight is 347 g/mol. The molecule has 0 spiro atoms. The van der Waals surface area contributed by atoms with Crippen LogP contribution in [0.1, 0.15) is 12.8 Å². The van der Waals surface area contributed by atoms with E-state index in [0.717, 1.165) is 35.5 Å². The summed E-state index contributed by atoms with van der Waals surface area (Å²) in [6.07, 6.45) is 5.80. The molecule has 130 valence electrons. The largest absolute Gasteiger partial charge is 0.355 e. The fourth-order valence-corrected chi connectivity index (χ4v) is 3.39. The van der Waals surface area contributed by atoms with Crippen molar-refractivity contribution in [1.29, 1.82) is 0 Å². The Morgan fingerprint density at radius 1 is 1.04 bits per heavy atom. The molecule has 5 rings (SSSR count). The number of rotatable bonds is 3. The third-order valence-electron chi connectivity index (χ3n) is 4.65. The van der Waals surface area contributed by atoms with Gasteiger partial charge < -0.3 is 9.42 Å². The second-order valence-electron chi connectivity index (χ2n) is 6.37. The maximum absolute atomic E-state index is 5.47. The molecule has 4 heterocycles. The molecule has 3 aromatic heterocycles.